The van der Waals surface area contributed by atoms with Crippen molar-refractivity contribution in [3.63, 3.8) is 0 Å². The van der Waals surface area contributed by atoms with Crippen molar-refractivity contribution in [2.24, 2.45) is 0 Å². The van der Waals surface area contributed by atoms with Crippen LogP contribution >= 0.6 is 0 Å². The molecule has 30 heteroatoms. The van der Waals surface area contributed by atoms with E-state index in [-0.39, 0.29) is 79.4 Å². The van der Waals surface area contributed by atoms with Gasteiger partial charge in [-0.2, -0.15) is 0 Å². The van der Waals surface area contributed by atoms with Crippen molar-refractivity contribution < 1.29 is 88.0 Å². The van der Waals surface area contributed by atoms with Crippen LogP contribution in [0.3, 0.4) is 0 Å². The zero-order valence-electron chi connectivity index (χ0n) is 58.5. The Morgan fingerprint density at radius 3 is 1.10 bits per heavy atom. The summed E-state index contributed by atoms with van der Waals surface area (Å²) in [6, 6.07) is 40.5. The molecule has 5 aliphatic rings. The van der Waals surface area contributed by atoms with E-state index in [0.717, 1.165) is 87.9 Å². The van der Waals surface area contributed by atoms with Gasteiger partial charge in [0, 0.05) is 104 Å². The fourth-order valence-corrected chi connectivity index (χ4v) is 12.9. The molecule has 0 radical (unpaired) electrons. The zero-order chi connectivity index (χ0) is 73.8. The van der Waals surface area contributed by atoms with Crippen LogP contribution in [0.2, 0.25) is 0 Å². The Labute approximate surface area is 602 Å². The lowest BCUT2D eigenvalue weighted by Gasteiger charge is -2.27. The van der Waals surface area contributed by atoms with Crippen molar-refractivity contribution in [3.05, 3.63) is 155 Å². The van der Waals surface area contributed by atoms with Crippen molar-refractivity contribution in [2.75, 3.05) is 65.6 Å². The van der Waals surface area contributed by atoms with E-state index in [2.05, 4.69) is 21.3 Å². The van der Waals surface area contributed by atoms with Crippen molar-refractivity contribution in [3.8, 4) is 11.5 Å². The van der Waals surface area contributed by atoms with Crippen LogP contribution in [0, 0.1) is 6.92 Å². The lowest BCUT2D eigenvalue weighted by Crippen LogP contribution is -2.48. The second kappa shape index (κ2) is 40.8. The number of piperidine rings is 2. The monoisotopic (exact) mass is 1420 g/mol. The largest absolute Gasteiger partial charge is 0.486 e. The summed E-state index contributed by atoms with van der Waals surface area (Å²) in [5, 5.41) is 91.9. The maximum Gasteiger partial charge on any atom is 0.475 e. The molecule has 8 amide bonds. The second-order valence-corrected chi connectivity index (χ2v) is 26.6. The molecule has 0 unspecified atom stereocenters. The number of benzene rings is 6. The van der Waals surface area contributed by atoms with Crippen molar-refractivity contribution in [1.82, 2.24) is 40.9 Å². The van der Waals surface area contributed by atoms with Gasteiger partial charge >= 0.3 is 28.5 Å². The molecule has 6 aromatic rings. The summed E-state index contributed by atoms with van der Waals surface area (Å²) in [5.74, 6) is -2.82. The van der Waals surface area contributed by atoms with Crippen molar-refractivity contribution in [2.45, 2.75) is 146 Å². The summed E-state index contributed by atoms with van der Waals surface area (Å²) < 4.78 is 11.0. The first kappa shape index (κ1) is 79.8. The van der Waals surface area contributed by atoms with E-state index in [9.17, 15) is 78.5 Å². The van der Waals surface area contributed by atoms with Gasteiger partial charge in [0.1, 0.15) is 13.2 Å². The molecular weight excluding hydrogens is 1320 g/mol. The van der Waals surface area contributed by atoms with Crippen molar-refractivity contribution >= 4 is 97.3 Å². The van der Waals surface area contributed by atoms with Gasteiger partial charge in [0.2, 0.25) is 47.3 Å². The lowest BCUT2D eigenvalue weighted by molar-refractivity contribution is -0.135. The Hall–Kier alpha value is -8.86. The number of hydrogen-bond donors (Lipinski definition) is 12. The summed E-state index contributed by atoms with van der Waals surface area (Å²) in [5.41, 5.74) is 4.72. The van der Waals surface area contributed by atoms with Crippen LogP contribution in [0.5, 0.6) is 11.5 Å². The lowest BCUT2D eigenvalue weighted by atomic mass is 9.75. The first-order valence-electron chi connectivity index (χ1n) is 35.7. The van der Waals surface area contributed by atoms with Crippen LogP contribution < -0.4 is 30.7 Å². The Balaban J connectivity index is 0.000000174. The number of fused-ring (bicyclic) bond motifs is 3. The third-order valence-corrected chi connectivity index (χ3v) is 18.7. The normalized spacial score (nSPS) is 16.0. The van der Waals surface area contributed by atoms with Crippen LogP contribution in [0.15, 0.2) is 127 Å². The highest BCUT2D eigenvalue weighted by molar-refractivity contribution is 6.45. The van der Waals surface area contributed by atoms with Crippen LogP contribution in [0.1, 0.15) is 118 Å². The summed E-state index contributed by atoms with van der Waals surface area (Å²) in [6.07, 6.45) is 9.40. The molecule has 5 heterocycles. The molecule has 12 N–H and O–H groups in total. The predicted octanol–water partition coefficient (Wildman–Crippen LogP) is 2.12. The number of carbonyl (C=O) groups excluding carboxylic acids is 8. The minimum atomic E-state index is -1.69. The molecule has 0 saturated carbocycles. The van der Waals surface area contributed by atoms with Crippen molar-refractivity contribution in [1.29, 1.82) is 0 Å². The smallest absolute Gasteiger partial charge is 0.475 e. The maximum absolute atomic E-state index is 12.3. The molecule has 0 spiro atoms. The standard InChI is InChI=1S/C20H25BN2O4.C19H23BN2O4.C17H23BN2O6.C17H25BN2O4/c24-19(11-13-23-12-4-3-10-20(23)25)22-18(21(26)27)14-16-8-5-7-15-6-1-2-9-17(15)16;23-18(10-12-22-11-4-9-19(22)24)21-17(20(25)26)13-15-7-3-6-14-5-1-2-8-16(14)15;21-16(5-7-20-6-1-2-17(20)22)19-15(18(23)24)11-12-3-4-13-14(10-12)26-9-8-25-13;1-13-5-7-14(8-6-13)12-15(18(23)24)19-16(21)9-11-20-10-3-2-4-17(20)22/h1-2,5-9,18,26-27H,3-4,10-14H2,(H,22,24);1-3,5-8,17,25-26H,4,9-13H2,(H,21,23);3-4,10,15,23-24H,1-2,5-9,11H2,(H,19,21);5-8,15,23-24H,2-4,9-12H2,1H3,(H,19,21)/t18-;17-;2*15-/m0000/s1. The Morgan fingerprint density at radius 2 is 0.718 bits per heavy atom. The number of aryl methyl sites for hydroxylation is 1. The molecular formula is C73H96B4N8O18. The average molecular weight is 1420 g/mol. The number of nitrogens with zero attached hydrogens (tertiary/aromatic N) is 4. The van der Waals surface area contributed by atoms with Crippen LogP contribution in [0.4, 0.5) is 0 Å². The van der Waals surface area contributed by atoms with E-state index < -0.39 is 52.2 Å². The molecule has 548 valence electrons. The molecule has 0 aromatic heterocycles. The Bertz CT molecular complexity index is 3790. The number of rotatable bonds is 28. The molecule has 5 aliphatic heterocycles. The number of carbonyl (C=O) groups is 8. The van der Waals surface area contributed by atoms with Crippen LogP contribution in [-0.4, -0.2) is 225 Å². The number of amides is 8. The molecule has 103 heavy (non-hydrogen) atoms. The van der Waals surface area contributed by atoms with Crippen LogP contribution in [-0.2, 0) is 64.0 Å². The van der Waals surface area contributed by atoms with Gasteiger partial charge in [-0.15, -0.1) is 0 Å². The van der Waals surface area contributed by atoms with Gasteiger partial charge in [-0.1, -0.05) is 121 Å². The second-order valence-electron chi connectivity index (χ2n) is 26.6. The van der Waals surface area contributed by atoms with Crippen LogP contribution in [0.25, 0.3) is 21.5 Å². The molecule has 0 aliphatic carbocycles. The molecule has 6 aromatic carbocycles. The summed E-state index contributed by atoms with van der Waals surface area (Å²) >= 11 is 0. The topological polar surface area (TPSA) is 378 Å². The number of nitrogens with one attached hydrogen (secondary N) is 4. The fourth-order valence-electron chi connectivity index (χ4n) is 12.9. The highest BCUT2D eigenvalue weighted by atomic mass is 16.6. The summed E-state index contributed by atoms with van der Waals surface area (Å²) in [7, 11) is -6.65. The Morgan fingerprint density at radius 1 is 0.388 bits per heavy atom. The first-order chi connectivity index (χ1) is 49.6. The molecule has 0 bridgehead atoms. The van der Waals surface area contributed by atoms with Gasteiger partial charge in [-0.25, -0.2) is 0 Å². The zero-order valence-corrected chi connectivity index (χ0v) is 58.5. The van der Waals surface area contributed by atoms with Gasteiger partial charge in [-0.05, 0) is 127 Å². The van der Waals surface area contributed by atoms with Gasteiger partial charge in [0.05, 0.1) is 23.8 Å². The van der Waals surface area contributed by atoms with E-state index in [0.29, 0.717) is 122 Å². The minimum absolute atomic E-state index is 0.0628. The van der Waals surface area contributed by atoms with E-state index in [1.165, 1.54) is 0 Å². The third-order valence-electron chi connectivity index (χ3n) is 18.7. The molecule has 4 fully saturated rings. The average Bonchev–Trinajstić information content (AvgIpc) is 1.41. The summed E-state index contributed by atoms with van der Waals surface area (Å²) in [4.78, 5) is 102. The molecule has 4 atom stereocenters. The maximum atomic E-state index is 12.3. The van der Waals surface area contributed by atoms with E-state index in [1.54, 1.807) is 37.8 Å². The number of hydrogen-bond acceptors (Lipinski definition) is 18. The fraction of sp³-hybridized carbons (Fsp3) is 0.452. The molecule has 4 saturated heterocycles. The van der Waals surface area contributed by atoms with Gasteiger partial charge in [-0.3, -0.25) is 38.4 Å². The van der Waals surface area contributed by atoms with Gasteiger partial charge in [0.25, 0.3) is 0 Å². The van der Waals surface area contributed by atoms with Gasteiger partial charge in [0.15, 0.2) is 11.5 Å². The number of ether oxygens (including phenoxy) is 2. The summed E-state index contributed by atoms with van der Waals surface area (Å²) in [6.45, 7) is 7.16. The molecule has 26 nitrogen and oxygen atoms in total. The van der Waals surface area contributed by atoms with E-state index in [1.807, 2.05) is 116 Å². The highest BCUT2D eigenvalue weighted by Crippen LogP contribution is 2.31. The minimum Gasteiger partial charge on any atom is -0.486 e. The first-order valence-corrected chi connectivity index (χ1v) is 35.7. The third kappa shape index (κ3) is 25.8. The SMILES string of the molecule is Cc1ccc(C[C@H](NC(=O)CCN2CCCCC2=O)B(O)O)cc1.O=C(CCN1CCCC1=O)N[C@@H](Cc1ccc2c(c1)OCCO2)B(O)O.O=C(CCN1CCCC1=O)N[C@@H](Cc1cccc2ccccc12)B(O)O.O=C(CCN1CCCCC1=O)N[C@@H](Cc1cccc2ccccc12)B(O)O. The predicted molar refractivity (Wildman–Crippen MR) is 391 cm³/mol. The van der Waals surface area contributed by atoms with E-state index in [4.69, 9.17) is 9.47 Å². The molecule has 11 rings (SSSR count). The highest BCUT2D eigenvalue weighted by Gasteiger charge is 2.32. The Kier molecular flexibility index (Phi) is 31.7. The quantitative estimate of drug-likeness (QED) is 0.0313. The van der Waals surface area contributed by atoms with Gasteiger partial charge < -0.3 is 90.5 Å². The van der Waals surface area contributed by atoms with E-state index >= 15 is 0 Å². The number of likely N-dealkylation sites (tertiary alicyclic amines) is 4.